The summed E-state index contributed by atoms with van der Waals surface area (Å²) in [6, 6.07) is 16.6. The topological polar surface area (TPSA) is 38.7 Å². The molecule has 3 aromatic rings. The first kappa shape index (κ1) is 16.5. The van der Waals surface area contributed by atoms with Gasteiger partial charge in [0, 0.05) is 10.8 Å². The fourth-order valence-electron chi connectivity index (χ4n) is 2.81. The van der Waals surface area contributed by atoms with E-state index < -0.39 is 6.10 Å². The Labute approximate surface area is 142 Å². The SMILES string of the molecule is C=CCOCC(O)COc1c2ccccc2cc2ccc(C)cc12. The molecule has 0 heterocycles. The van der Waals surface area contributed by atoms with Gasteiger partial charge >= 0.3 is 0 Å². The number of rotatable bonds is 7. The van der Waals surface area contributed by atoms with Crippen LogP contribution < -0.4 is 4.74 Å². The number of aryl methyl sites for hydroxylation is 1. The van der Waals surface area contributed by atoms with Gasteiger partial charge in [-0.25, -0.2) is 0 Å². The van der Waals surface area contributed by atoms with Crippen molar-refractivity contribution in [2.24, 2.45) is 0 Å². The summed E-state index contributed by atoms with van der Waals surface area (Å²) in [4.78, 5) is 0. The summed E-state index contributed by atoms with van der Waals surface area (Å²) in [7, 11) is 0. The molecular formula is C21H22O3. The summed E-state index contributed by atoms with van der Waals surface area (Å²) in [5.41, 5.74) is 1.18. The lowest BCUT2D eigenvalue weighted by Gasteiger charge is -2.16. The van der Waals surface area contributed by atoms with Crippen molar-refractivity contribution >= 4 is 21.5 Å². The molecule has 0 saturated heterocycles. The second kappa shape index (κ2) is 7.47. The van der Waals surface area contributed by atoms with E-state index in [1.54, 1.807) is 6.08 Å². The zero-order valence-electron chi connectivity index (χ0n) is 13.9. The summed E-state index contributed by atoms with van der Waals surface area (Å²) in [6.07, 6.45) is 0.984. The lowest BCUT2D eigenvalue weighted by Crippen LogP contribution is -2.23. The molecule has 0 aliphatic rings. The third kappa shape index (κ3) is 3.58. The molecule has 3 aromatic carbocycles. The van der Waals surface area contributed by atoms with E-state index in [1.165, 1.54) is 5.56 Å². The Morgan fingerprint density at radius 2 is 1.83 bits per heavy atom. The van der Waals surface area contributed by atoms with Gasteiger partial charge in [-0.15, -0.1) is 6.58 Å². The summed E-state index contributed by atoms with van der Waals surface area (Å²) in [5, 5.41) is 14.4. The number of ether oxygens (including phenoxy) is 2. The molecule has 0 aliphatic carbocycles. The van der Waals surface area contributed by atoms with Gasteiger partial charge < -0.3 is 14.6 Å². The smallest absolute Gasteiger partial charge is 0.135 e. The minimum absolute atomic E-state index is 0.189. The highest BCUT2D eigenvalue weighted by molar-refractivity contribution is 6.05. The van der Waals surface area contributed by atoms with Crippen LogP contribution in [0, 0.1) is 6.92 Å². The first-order chi connectivity index (χ1) is 11.7. The van der Waals surface area contributed by atoms with Crippen LogP contribution in [-0.4, -0.2) is 31.0 Å². The minimum Gasteiger partial charge on any atom is -0.489 e. The molecule has 3 heteroatoms. The van der Waals surface area contributed by atoms with Crippen LogP contribution in [0.2, 0.25) is 0 Å². The van der Waals surface area contributed by atoms with E-state index in [4.69, 9.17) is 9.47 Å². The molecule has 1 atom stereocenters. The first-order valence-corrected chi connectivity index (χ1v) is 8.10. The number of hydrogen-bond acceptors (Lipinski definition) is 3. The van der Waals surface area contributed by atoms with Crippen LogP contribution in [0.4, 0.5) is 0 Å². The highest BCUT2D eigenvalue weighted by Gasteiger charge is 2.12. The third-order valence-electron chi connectivity index (χ3n) is 3.94. The molecule has 0 spiro atoms. The average Bonchev–Trinajstić information content (AvgIpc) is 2.59. The molecule has 0 fully saturated rings. The number of aliphatic hydroxyl groups is 1. The Balaban J connectivity index is 1.94. The Morgan fingerprint density at radius 3 is 2.67 bits per heavy atom. The van der Waals surface area contributed by atoms with Gasteiger partial charge in [-0.1, -0.05) is 48.0 Å². The number of benzene rings is 3. The Kier molecular flexibility index (Phi) is 5.14. The Bertz CT molecular complexity index is 854. The van der Waals surface area contributed by atoms with Gasteiger partial charge in [0.1, 0.15) is 18.5 Å². The van der Waals surface area contributed by atoms with Crippen molar-refractivity contribution in [3.8, 4) is 5.75 Å². The zero-order chi connectivity index (χ0) is 16.9. The number of aliphatic hydroxyl groups excluding tert-OH is 1. The summed E-state index contributed by atoms with van der Waals surface area (Å²) in [5.74, 6) is 0.814. The fourth-order valence-corrected chi connectivity index (χ4v) is 2.81. The molecular weight excluding hydrogens is 300 g/mol. The van der Waals surface area contributed by atoms with E-state index in [9.17, 15) is 5.11 Å². The van der Waals surface area contributed by atoms with E-state index in [0.29, 0.717) is 6.61 Å². The average molecular weight is 322 g/mol. The van der Waals surface area contributed by atoms with Crippen molar-refractivity contribution in [1.29, 1.82) is 0 Å². The Hall–Kier alpha value is -2.36. The van der Waals surface area contributed by atoms with Crippen molar-refractivity contribution in [3.63, 3.8) is 0 Å². The molecule has 0 saturated carbocycles. The second-order valence-electron chi connectivity index (χ2n) is 5.94. The van der Waals surface area contributed by atoms with E-state index in [0.717, 1.165) is 27.3 Å². The van der Waals surface area contributed by atoms with Crippen LogP contribution in [0.3, 0.4) is 0 Å². The molecule has 0 radical (unpaired) electrons. The standard InChI is InChI=1S/C21H22O3/c1-3-10-23-13-18(22)14-24-21-19-7-5-4-6-16(19)12-17-9-8-15(2)11-20(17)21/h3-9,11-12,18,22H,1,10,13-14H2,2H3. The molecule has 1 N–H and O–H groups in total. The molecule has 3 rings (SSSR count). The maximum absolute atomic E-state index is 10.1. The molecule has 124 valence electrons. The third-order valence-corrected chi connectivity index (χ3v) is 3.94. The van der Waals surface area contributed by atoms with E-state index >= 15 is 0 Å². The van der Waals surface area contributed by atoms with Crippen molar-refractivity contribution in [3.05, 3.63) is 66.7 Å². The number of hydrogen-bond donors (Lipinski definition) is 1. The van der Waals surface area contributed by atoms with Crippen molar-refractivity contribution in [1.82, 2.24) is 0 Å². The predicted molar refractivity (Wildman–Crippen MR) is 98.7 cm³/mol. The van der Waals surface area contributed by atoms with Gasteiger partial charge in [0.05, 0.1) is 13.2 Å². The van der Waals surface area contributed by atoms with Crippen LogP contribution in [-0.2, 0) is 4.74 Å². The van der Waals surface area contributed by atoms with Gasteiger partial charge in [-0.3, -0.25) is 0 Å². The van der Waals surface area contributed by atoms with E-state index in [2.05, 4.69) is 43.8 Å². The zero-order valence-corrected chi connectivity index (χ0v) is 13.9. The summed E-state index contributed by atoms with van der Waals surface area (Å²) in [6.45, 7) is 6.50. The van der Waals surface area contributed by atoms with Crippen molar-refractivity contribution in [2.75, 3.05) is 19.8 Å². The Morgan fingerprint density at radius 1 is 1.04 bits per heavy atom. The van der Waals surface area contributed by atoms with Gasteiger partial charge in [0.15, 0.2) is 0 Å². The summed E-state index contributed by atoms with van der Waals surface area (Å²) >= 11 is 0. The van der Waals surface area contributed by atoms with Crippen molar-refractivity contribution in [2.45, 2.75) is 13.0 Å². The van der Waals surface area contributed by atoms with Gasteiger partial charge in [0.2, 0.25) is 0 Å². The second-order valence-corrected chi connectivity index (χ2v) is 5.94. The van der Waals surface area contributed by atoms with Crippen LogP contribution in [0.25, 0.3) is 21.5 Å². The maximum Gasteiger partial charge on any atom is 0.135 e. The van der Waals surface area contributed by atoms with Gasteiger partial charge in [0.25, 0.3) is 0 Å². The largest absolute Gasteiger partial charge is 0.489 e. The van der Waals surface area contributed by atoms with Crippen LogP contribution >= 0.6 is 0 Å². The van der Waals surface area contributed by atoms with Crippen LogP contribution in [0.1, 0.15) is 5.56 Å². The highest BCUT2D eigenvalue weighted by atomic mass is 16.5. The summed E-state index contributed by atoms with van der Waals surface area (Å²) < 4.78 is 11.3. The lowest BCUT2D eigenvalue weighted by molar-refractivity contribution is 0.0220. The fraction of sp³-hybridized carbons (Fsp3) is 0.238. The molecule has 0 aliphatic heterocycles. The van der Waals surface area contributed by atoms with Crippen molar-refractivity contribution < 1.29 is 14.6 Å². The highest BCUT2D eigenvalue weighted by Crippen LogP contribution is 2.35. The maximum atomic E-state index is 10.1. The number of fused-ring (bicyclic) bond motifs is 2. The predicted octanol–water partition coefficient (Wildman–Crippen LogP) is 4.24. The minimum atomic E-state index is -0.677. The molecule has 0 aromatic heterocycles. The van der Waals surface area contributed by atoms with Crippen LogP contribution in [0.15, 0.2) is 61.2 Å². The quantitative estimate of drug-likeness (QED) is 0.402. The normalized spacial score (nSPS) is 12.4. The van der Waals surface area contributed by atoms with E-state index in [-0.39, 0.29) is 13.2 Å². The monoisotopic (exact) mass is 322 g/mol. The first-order valence-electron chi connectivity index (χ1n) is 8.10. The van der Waals surface area contributed by atoms with Gasteiger partial charge in [-0.05, 0) is 29.8 Å². The molecule has 0 amide bonds. The molecule has 1 unspecified atom stereocenters. The van der Waals surface area contributed by atoms with E-state index in [1.807, 2.05) is 18.2 Å². The lowest BCUT2D eigenvalue weighted by atomic mass is 10.0. The van der Waals surface area contributed by atoms with Crippen LogP contribution in [0.5, 0.6) is 5.75 Å². The van der Waals surface area contributed by atoms with Gasteiger partial charge in [-0.2, -0.15) is 0 Å². The molecule has 24 heavy (non-hydrogen) atoms. The molecule has 3 nitrogen and oxygen atoms in total. The molecule has 0 bridgehead atoms.